The van der Waals surface area contributed by atoms with E-state index in [1.54, 1.807) is 0 Å². The summed E-state index contributed by atoms with van der Waals surface area (Å²) < 4.78 is 6.79. The van der Waals surface area contributed by atoms with Gasteiger partial charge in [-0.25, -0.2) is 0 Å². The van der Waals surface area contributed by atoms with E-state index in [9.17, 15) is 0 Å². The summed E-state index contributed by atoms with van der Waals surface area (Å²) in [5.74, 6) is 1.63. The van der Waals surface area contributed by atoms with Gasteiger partial charge in [-0.1, -0.05) is 169 Å². The zero-order valence-electron chi connectivity index (χ0n) is 32.6. The molecule has 2 heterocycles. The van der Waals surface area contributed by atoms with Crippen LogP contribution in [0.3, 0.4) is 0 Å². The van der Waals surface area contributed by atoms with Crippen LogP contribution in [-0.4, -0.2) is 11.8 Å². The van der Waals surface area contributed by atoms with Crippen LogP contribution >= 0.6 is 0 Å². The van der Waals surface area contributed by atoms with Gasteiger partial charge in [0.15, 0.2) is 0 Å². The van der Waals surface area contributed by atoms with Crippen molar-refractivity contribution in [3.8, 4) is 11.1 Å². The predicted molar refractivity (Wildman–Crippen MR) is 236 cm³/mol. The first-order chi connectivity index (χ1) is 28.3. The Hall–Kier alpha value is -5.99. The van der Waals surface area contributed by atoms with E-state index in [1.807, 2.05) is 0 Å². The molecule has 4 aromatic carbocycles. The van der Waals surface area contributed by atoms with Crippen molar-refractivity contribution in [3.63, 3.8) is 0 Å². The quantitative estimate of drug-likeness (QED) is 0.185. The Morgan fingerprint density at radius 2 is 1.35 bits per heavy atom. The van der Waals surface area contributed by atoms with Crippen molar-refractivity contribution in [1.82, 2.24) is 0 Å². The van der Waals surface area contributed by atoms with Crippen molar-refractivity contribution in [2.24, 2.45) is 4.99 Å². The third-order valence-corrected chi connectivity index (χ3v) is 12.9. The first-order valence-electron chi connectivity index (χ1n) is 21.0. The largest absolute Gasteiger partial charge is 0.486 e. The monoisotopic (exact) mass is 739 g/mol. The first kappa shape index (κ1) is 35.4. The summed E-state index contributed by atoms with van der Waals surface area (Å²) in [6.07, 6.45) is 35.6. The molecule has 4 aromatic rings. The van der Waals surface area contributed by atoms with Crippen molar-refractivity contribution in [3.05, 3.63) is 238 Å². The fraction of sp³-hybridized carbons (Fsp3) is 0.218. The molecule has 6 aliphatic rings. The smallest absolute Gasteiger partial charge is 0.125 e. The molecule has 4 atom stereocenters. The first-order valence-corrected chi connectivity index (χ1v) is 21.0. The van der Waals surface area contributed by atoms with E-state index < -0.39 is 0 Å². The van der Waals surface area contributed by atoms with Crippen LogP contribution in [-0.2, 0) is 10.2 Å². The molecule has 2 aliphatic heterocycles. The van der Waals surface area contributed by atoms with Gasteiger partial charge in [0.1, 0.15) is 11.9 Å². The SMILES string of the molecule is C1=CCCC(C2(c3cccc(-c4cccc(C5=NC(C6=CC=CCC6c6ccccc6)=C[C@H](c6ccccc6)CC5)c4)c3)C3=CC=CCC3OC3=C2CCC=C3)=C1. The molecule has 0 fully saturated rings. The predicted octanol–water partition coefficient (Wildman–Crippen LogP) is 13.7. The molecule has 0 amide bonds. The zero-order chi connectivity index (χ0) is 38.0. The van der Waals surface area contributed by atoms with E-state index in [-0.39, 0.29) is 23.4 Å². The zero-order valence-corrected chi connectivity index (χ0v) is 32.6. The van der Waals surface area contributed by atoms with Crippen LogP contribution in [0.2, 0.25) is 0 Å². The Morgan fingerprint density at radius 1 is 0.614 bits per heavy atom. The molecule has 10 rings (SSSR count). The normalized spacial score (nSPS) is 25.2. The summed E-state index contributed by atoms with van der Waals surface area (Å²) in [6, 6.07) is 40.6. The highest BCUT2D eigenvalue weighted by molar-refractivity contribution is 6.02. The van der Waals surface area contributed by atoms with Gasteiger partial charge in [-0.2, -0.15) is 0 Å². The summed E-state index contributed by atoms with van der Waals surface area (Å²) >= 11 is 0. The minimum atomic E-state index is -0.332. The van der Waals surface area contributed by atoms with E-state index in [0.29, 0.717) is 0 Å². The molecule has 0 bridgehead atoms. The highest BCUT2D eigenvalue weighted by Crippen LogP contribution is 2.57. The summed E-state index contributed by atoms with van der Waals surface area (Å²) in [5, 5.41) is 0. The maximum atomic E-state index is 6.79. The van der Waals surface area contributed by atoms with Crippen LogP contribution in [0.4, 0.5) is 0 Å². The molecule has 0 N–H and O–H groups in total. The number of fused-ring (bicyclic) bond motifs is 1. The molecule has 2 heteroatoms. The third kappa shape index (κ3) is 6.61. The van der Waals surface area contributed by atoms with Gasteiger partial charge in [0.2, 0.25) is 0 Å². The number of nitrogens with zero attached hydrogens (tertiary/aromatic N) is 1. The molecule has 280 valence electrons. The van der Waals surface area contributed by atoms with Crippen molar-refractivity contribution in [2.45, 2.75) is 74.7 Å². The van der Waals surface area contributed by atoms with Crippen LogP contribution in [0, 0.1) is 0 Å². The minimum Gasteiger partial charge on any atom is -0.486 e. The molecule has 0 spiro atoms. The maximum absolute atomic E-state index is 6.79. The van der Waals surface area contributed by atoms with E-state index >= 15 is 0 Å². The number of aliphatic imine (C=N–C) groups is 1. The standard InChI is InChI=1S/C55H49NO/c1-4-18-39(19-5-1)43-34-35-51(56-52(38-43)48-29-11-10-28-47(48)40-20-6-2-7-21-40)44-24-16-22-41(36-44)42-23-17-27-46(37-42)55(45-25-8-3-9-26-45)49-30-12-14-32-53(49)57-54-33-15-13-31-50(54)55/h1-8,10-12,14-25,27,29-30,33,36-38,43,47,53H,9,13,26,28,31-32,34-35H2/t43-,47?,53?,55?/m1/s1. The summed E-state index contributed by atoms with van der Waals surface area (Å²) in [5.41, 5.74) is 15.2. The van der Waals surface area contributed by atoms with Gasteiger partial charge < -0.3 is 4.74 Å². The molecule has 0 aromatic heterocycles. The average Bonchev–Trinajstić information content (AvgIpc) is 3.53. The van der Waals surface area contributed by atoms with Gasteiger partial charge in [-0.05, 0) is 113 Å². The summed E-state index contributed by atoms with van der Waals surface area (Å²) in [4.78, 5) is 5.63. The number of hydrogen-bond donors (Lipinski definition) is 0. The van der Waals surface area contributed by atoms with Gasteiger partial charge in [0, 0.05) is 24.0 Å². The average molecular weight is 740 g/mol. The Morgan fingerprint density at radius 3 is 2.19 bits per heavy atom. The molecular formula is C55H49NO. The lowest BCUT2D eigenvalue weighted by atomic mass is 9.57. The fourth-order valence-electron chi connectivity index (χ4n) is 10.2. The van der Waals surface area contributed by atoms with Crippen LogP contribution in [0.5, 0.6) is 0 Å². The van der Waals surface area contributed by atoms with E-state index in [2.05, 4.69) is 182 Å². The topological polar surface area (TPSA) is 21.6 Å². The molecule has 57 heavy (non-hydrogen) atoms. The Kier molecular flexibility index (Phi) is 9.64. The molecule has 2 nitrogen and oxygen atoms in total. The Balaban J connectivity index is 1.07. The molecule has 0 saturated heterocycles. The van der Waals surface area contributed by atoms with Crippen LogP contribution in [0.1, 0.15) is 85.5 Å². The minimum absolute atomic E-state index is 0.0294. The van der Waals surface area contributed by atoms with Gasteiger partial charge in [0.05, 0.1) is 11.1 Å². The van der Waals surface area contributed by atoms with Crippen LogP contribution < -0.4 is 0 Å². The van der Waals surface area contributed by atoms with E-state index in [0.717, 1.165) is 68.5 Å². The second-order valence-electron chi connectivity index (χ2n) is 16.2. The summed E-state index contributed by atoms with van der Waals surface area (Å²) in [6.45, 7) is 0. The molecule has 3 unspecified atom stereocenters. The second-order valence-corrected chi connectivity index (χ2v) is 16.2. The van der Waals surface area contributed by atoms with Crippen molar-refractivity contribution < 1.29 is 4.74 Å². The number of hydrogen-bond acceptors (Lipinski definition) is 2. The van der Waals surface area contributed by atoms with Gasteiger partial charge in [-0.15, -0.1) is 0 Å². The summed E-state index contributed by atoms with van der Waals surface area (Å²) in [7, 11) is 0. The molecule has 0 saturated carbocycles. The number of ether oxygens (including phenoxy) is 1. The van der Waals surface area contributed by atoms with Gasteiger partial charge >= 0.3 is 0 Å². The lowest BCUT2D eigenvalue weighted by Crippen LogP contribution is -2.44. The Labute approximate surface area is 338 Å². The lowest BCUT2D eigenvalue weighted by Gasteiger charge is -2.49. The maximum Gasteiger partial charge on any atom is 0.125 e. The van der Waals surface area contributed by atoms with Crippen LogP contribution in [0.25, 0.3) is 11.1 Å². The second kappa shape index (κ2) is 15.5. The fourth-order valence-corrected chi connectivity index (χ4v) is 10.2. The van der Waals surface area contributed by atoms with Gasteiger partial charge in [-0.3, -0.25) is 4.99 Å². The van der Waals surface area contributed by atoms with E-state index in [4.69, 9.17) is 9.73 Å². The number of benzene rings is 4. The number of rotatable bonds is 7. The highest BCUT2D eigenvalue weighted by Gasteiger charge is 2.50. The Bertz CT molecular complexity index is 2500. The van der Waals surface area contributed by atoms with E-state index in [1.165, 1.54) is 55.7 Å². The third-order valence-electron chi connectivity index (χ3n) is 12.9. The van der Waals surface area contributed by atoms with Crippen molar-refractivity contribution in [2.75, 3.05) is 0 Å². The van der Waals surface area contributed by atoms with Crippen molar-refractivity contribution in [1.29, 1.82) is 0 Å². The number of allylic oxidation sites excluding steroid dienone is 14. The molecule has 0 radical (unpaired) electrons. The highest BCUT2D eigenvalue weighted by atomic mass is 16.5. The molecular weight excluding hydrogens is 691 g/mol. The van der Waals surface area contributed by atoms with Gasteiger partial charge in [0.25, 0.3) is 0 Å². The lowest BCUT2D eigenvalue weighted by molar-refractivity contribution is 0.123. The van der Waals surface area contributed by atoms with Crippen LogP contribution in [0.15, 0.2) is 221 Å². The molecule has 4 aliphatic carbocycles. The van der Waals surface area contributed by atoms with Crippen molar-refractivity contribution >= 4 is 5.71 Å².